The third kappa shape index (κ3) is 3.90. The van der Waals surface area contributed by atoms with E-state index in [2.05, 4.69) is 10.4 Å². The molecule has 23 heavy (non-hydrogen) atoms. The van der Waals surface area contributed by atoms with Crippen molar-refractivity contribution in [3.63, 3.8) is 0 Å². The second-order valence-corrected chi connectivity index (χ2v) is 4.93. The molecule has 0 aromatic carbocycles. The molecule has 2 aromatic rings. The first kappa shape index (κ1) is 16.6. The number of nitrogens with one attached hydrogen (secondary N) is 2. The molecule has 0 amide bonds. The Morgan fingerprint density at radius 3 is 2.78 bits per heavy atom. The van der Waals surface area contributed by atoms with Crippen molar-refractivity contribution in [2.75, 3.05) is 5.32 Å². The van der Waals surface area contributed by atoms with Gasteiger partial charge in [0, 0.05) is 25.0 Å². The van der Waals surface area contributed by atoms with Crippen LogP contribution >= 0.6 is 0 Å². The SMILES string of the molecule is CC(Cn1ccc(C(=O)O)c1)Nc1cn[nH]c(=O)c1C(F)(F)F. The van der Waals surface area contributed by atoms with Gasteiger partial charge in [-0.15, -0.1) is 0 Å². The van der Waals surface area contributed by atoms with Crippen molar-refractivity contribution >= 4 is 11.7 Å². The van der Waals surface area contributed by atoms with Gasteiger partial charge in [-0.3, -0.25) is 4.79 Å². The van der Waals surface area contributed by atoms with Crippen LogP contribution in [0.5, 0.6) is 0 Å². The van der Waals surface area contributed by atoms with Crippen molar-refractivity contribution in [3.8, 4) is 0 Å². The molecule has 0 spiro atoms. The number of H-pyrrole nitrogens is 1. The number of halogens is 3. The van der Waals surface area contributed by atoms with Crippen LogP contribution in [-0.2, 0) is 12.7 Å². The smallest absolute Gasteiger partial charge is 0.423 e. The van der Waals surface area contributed by atoms with Crippen molar-refractivity contribution in [2.24, 2.45) is 0 Å². The molecule has 0 bridgehead atoms. The Morgan fingerprint density at radius 2 is 2.22 bits per heavy atom. The number of hydrogen-bond donors (Lipinski definition) is 3. The topological polar surface area (TPSA) is 100 Å². The number of carboxylic acid groups (broad SMARTS) is 1. The van der Waals surface area contributed by atoms with E-state index in [1.807, 2.05) is 0 Å². The minimum Gasteiger partial charge on any atom is -0.478 e. The first-order valence-electron chi connectivity index (χ1n) is 6.49. The highest BCUT2D eigenvalue weighted by Gasteiger charge is 2.37. The van der Waals surface area contributed by atoms with Crippen LogP contribution in [0.1, 0.15) is 22.8 Å². The van der Waals surface area contributed by atoms with Gasteiger partial charge in [0.1, 0.15) is 5.56 Å². The summed E-state index contributed by atoms with van der Waals surface area (Å²) in [6.45, 7) is 1.80. The summed E-state index contributed by atoms with van der Waals surface area (Å²) in [7, 11) is 0. The van der Waals surface area contributed by atoms with E-state index in [0.29, 0.717) is 0 Å². The molecule has 1 atom stereocenters. The Hall–Kier alpha value is -2.78. The van der Waals surface area contributed by atoms with Gasteiger partial charge in [-0.2, -0.15) is 18.3 Å². The predicted octanol–water partition coefficient (Wildman–Crippen LogP) is 1.79. The average molecular weight is 330 g/mol. The molecule has 7 nitrogen and oxygen atoms in total. The number of carbonyl (C=O) groups is 1. The van der Waals surface area contributed by atoms with Crippen LogP contribution in [0.25, 0.3) is 0 Å². The number of rotatable bonds is 5. The summed E-state index contributed by atoms with van der Waals surface area (Å²) in [6, 6.07) is 0.874. The van der Waals surface area contributed by atoms with Gasteiger partial charge in [0.05, 0.1) is 17.4 Å². The van der Waals surface area contributed by atoms with Crippen molar-refractivity contribution in [1.82, 2.24) is 14.8 Å². The first-order valence-corrected chi connectivity index (χ1v) is 6.49. The molecule has 0 aliphatic rings. The van der Waals surface area contributed by atoms with E-state index in [-0.39, 0.29) is 12.1 Å². The standard InChI is InChI=1S/C13H13F3N4O3/c1-7(5-20-3-2-8(6-20)12(22)23)18-9-4-17-19-11(21)10(9)13(14,15)16/h2-4,6-7H,5H2,1H3,(H,22,23)(H2,18,19,21). The van der Waals surface area contributed by atoms with E-state index in [4.69, 9.17) is 5.11 Å². The fraction of sp³-hybridized carbons (Fsp3) is 0.308. The quantitative estimate of drug-likeness (QED) is 0.776. The number of aromatic carboxylic acids is 1. The first-order chi connectivity index (χ1) is 10.7. The largest absolute Gasteiger partial charge is 0.478 e. The van der Waals surface area contributed by atoms with Crippen molar-refractivity contribution in [3.05, 3.63) is 46.1 Å². The molecule has 2 heterocycles. The predicted molar refractivity (Wildman–Crippen MR) is 74.3 cm³/mol. The fourth-order valence-corrected chi connectivity index (χ4v) is 2.10. The third-order valence-electron chi connectivity index (χ3n) is 3.02. The summed E-state index contributed by atoms with van der Waals surface area (Å²) >= 11 is 0. The zero-order valence-corrected chi connectivity index (χ0v) is 11.9. The molecule has 1 unspecified atom stereocenters. The minimum atomic E-state index is -4.82. The van der Waals surface area contributed by atoms with Crippen LogP contribution in [0.2, 0.25) is 0 Å². The third-order valence-corrected chi connectivity index (χ3v) is 3.02. The second-order valence-electron chi connectivity index (χ2n) is 4.93. The van der Waals surface area contributed by atoms with E-state index in [0.717, 1.165) is 6.20 Å². The van der Waals surface area contributed by atoms with Gasteiger partial charge in [0.25, 0.3) is 5.56 Å². The van der Waals surface area contributed by atoms with Gasteiger partial charge in [-0.25, -0.2) is 9.89 Å². The van der Waals surface area contributed by atoms with Gasteiger partial charge in [0.15, 0.2) is 0 Å². The summed E-state index contributed by atoms with van der Waals surface area (Å²) in [4.78, 5) is 22.1. The lowest BCUT2D eigenvalue weighted by atomic mass is 10.2. The summed E-state index contributed by atoms with van der Waals surface area (Å²) in [5, 5.41) is 16.5. The lowest BCUT2D eigenvalue weighted by Crippen LogP contribution is -2.28. The van der Waals surface area contributed by atoms with Crippen LogP contribution in [0.4, 0.5) is 18.9 Å². The minimum absolute atomic E-state index is 0.0750. The molecular weight excluding hydrogens is 317 g/mol. The maximum Gasteiger partial charge on any atom is 0.423 e. The lowest BCUT2D eigenvalue weighted by molar-refractivity contribution is -0.138. The monoisotopic (exact) mass is 330 g/mol. The Bertz CT molecular complexity index is 766. The lowest BCUT2D eigenvalue weighted by Gasteiger charge is -2.18. The molecular formula is C13H13F3N4O3. The highest BCUT2D eigenvalue weighted by molar-refractivity contribution is 5.87. The number of anilines is 1. The molecule has 124 valence electrons. The molecule has 10 heteroatoms. The van der Waals surface area contributed by atoms with E-state index in [1.54, 1.807) is 12.0 Å². The van der Waals surface area contributed by atoms with Crippen molar-refractivity contribution in [1.29, 1.82) is 0 Å². The molecule has 0 fully saturated rings. The number of aromatic nitrogens is 3. The maximum atomic E-state index is 12.9. The van der Waals surface area contributed by atoms with Crippen LogP contribution in [0, 0.1) is 0 Å². The number of alkyl halides is 3. The maximum absolute atomic E-state index is 12.9. The van der Waals surface area contributed by atoms with Crippen LogP contribution in [-0.4, -0.2) is 31.9 Å². The van der Waals surface area contributed by atoms with Gasteiger partial charge in [-0.05, 0) is 13.0 Å². The Kier molecular flexibility index (Phi) is 4.43. The van der Waals surface area contributed by atoms with Gasteiger partial charge >= 0.3 is 12.1 Å². The van der Waals surface area contributed by atoms with Crippen LogP contribution in [0.15, 0.2) is 29.5 Å². The highest BCUT2D eigenvalue weighted by atomic mass is 19.4. The zero-order valence-electron chi connectivity index (χ0n) is 11.9. The zero-order chi connectivity index (χ0) is 17.2. The summed E-state index contributed by atoms with van der Waals surface area (Å²) in [5.41, 5.74) is -3.03. The second kappa shape index (κ2) is 6.15. The number of nitrogens with zero attached hydrogens (tertiary/aromatic N) is 2. The van der Waals surface area contributed by atoms with Crippen LogP contribution in [0.3, 0.4) is 0 Å². The Balaban J connectivity index is 2.17. The van der Waals surface area contributed by atoms with E-state index in [9.17, 15) is 22.8 Å². The van der Waals surface area contributed by atoms with Gasteiger partial charge in [-0.1, -0.05) is 0 Å². The number of carboxylic acids is 1. The van der Waals surface area contributed by atoms with Crippen LogP contribution < -0.4 is 10.9 Å². The molecule has 3 N–H and O–H groups in total. The van der Waals surface area contributed by atoms with Gasteiger partial charge < -0.3 is 15.0 Å². The number of aromatic amines is 1. The number of hydrogen-bond acceptors (Lipinski definition) is 4. The van der Waals surface area contributed by atoms with Crippen molar-refractivity contribution in [2.45, 2.75) is 25.7 Å². The van der Waals surface area contributed by atoms with E-state index in [1.165, 1.54) is 23.0 Å². The molecule has 0 saturated carbocycles. The molecule has 0 aliphatic carbocycles. The molecule has 0 aliphatic heterocycles. The van der Waals surface area contributed by atoms with Crippen molar-refractivity contribution < 1.29 is 23.1 Å². The molecule has 2 aromatic heterocycles. The summed E-state index contributed by atoms with van der Waals surface area (Å²) in [6.07, 6.45) is -1.06. The highest BCUT2D eigenvalue weighted by Crippen LogP contribution is 2.31. The normalized spacial score (nSPS) is 12.9. The molecule has 0 saturated heterocycles. The van der Waals surface area contributed by atoms with E-state index >= 15 is 0 Å². The Labute approximate surface area is 127 Å². The molecule has 0 radical (unpaired) electrons. The molecule has 2 rings (SSSR count). The average Bonchev–Trinajstić information content (AvgIpc) is 2.85. The Morgan fingerprint density at radius 1 is 1.52 bits per heavy atom. The van der Waals surface area contributed by atoms with E-state index < -0.39 is 35.0 Å². The summed E-state index contributed by atoms with van der Waals surface area (Å²) in [5.74, 6) is -1.09. The van der Waals surface area contributed by atoms with Gasteiger partial charge in [0.2, 0.25) is 0 Å². The summed E-state index contributed by atoms with van der Waals surface area (Å²) < 4.78 is 40.3. The fourth-order valence-electron chi connectivity index (χ4n) is 2.10.